The number of hydrogen-bond acceptors (Lipinski definition) is 3. The minimum absolute atomic E-state index is 0.378. The van der Waals surface area contributed by atoms with E-state index in [1.165, 1.54) is 0 Å². The Morgan fingerprint density at radius 2 is 2.55 bits per heavy atom. The van der Waals surface area contributed by atoms with E-state index in [0.29, 0.717) is 25.3 Å². The molecule has 4 heteroatoms. The highest BCUT2D eigenvalue weighted by Crippen LogP contribution is 1.89. The lowest BCUT2D eigenvalue weighted by molar-refractivity contribution is 0.619. The van der Waals surface area contributed by atoms with Crippen LogP contribution in [0.5, 0.6) is 0 Å². The molecule has 0 saturated heterocycles. The number of aryl methyl sites for hydroxylation is 1. The Morgan fingerprint density at radius 3 is 3.09 bits per heavy atom. The summed E-state index contributed by atoms with van der Waals surface area (Å²) in [6.07, 6.45) is 7.39. The number of nitrogens with zero attached hydrogens (tertiary/aromatic N) is 3. The molecule has 0 aliphatic carbocycles. The van der Waals surface area contributed by atoms with Crippen LogP contribution in [0.4, 0.5) is 0 Å². The van der Waals surface area contributed by atoms with Crippen LogP contribution in [0, 0.1) is 12.3 Å². The van der Waals surface area contributed by atoms with Gasteiger partial charge in [0.25, 0.3) is 0 Å². The first-order valence-electron chi connectivity index (χ1n) is 3.38. The molecule has 4 nitrogen and oxygen atoms in total. The molecule has 11 heavy (non-hydrogen) atoms. The molecule has 0 aromatic carbocycles. The Morgan fingerprint density at radius 1 is 1.73 bits per heavy atom. The topological polar surface area (TPSA) is 56.7 Å². The van der Waals surface area contributed by atoms with E-state index >= 15 is 0 Å². The minimum atomic E-state index is 0.378. The molecule has 0 amide bonds. The molecule has 0 atom stereocenters. The van der Waals surface area contributed by atoms with Crippen LogP contribution in [0.2, 0.25) is 0 Å². The Kier molecular flexibility index (Phi) is 2.64. The van der Waals surface area contributed by atoms with Crippen LogP contribution in [0.1, 0.15) is 12.2 Å². The van der Waals surface area contributed by atoms with E-state index in [1.807, 2.05) is 0 Å². The van der Waals surface area contributed by atoms with Crippen LogP contribution in [0.15, 0.2) is 6.33 Å². The summed E-state index contributed by atoms with van der Waals surface area (Å²) in [4.78, 5) is 3.95. The van der Waals surface area contributed by atoms with Gasteiger partial charge in [0, 0.05) is 6.42 Å². The van der Waals surface area contributed by atoms with E-state index in [9.17, 15) is 0 Å². The summed E-state index contributed by atoms with van der Waals surface area (Å²) in [7, 11) is 0. The second kappa shape index (κ2) is 3.74. The molecule has 1 aromatic heterocycles. The minimum Gasteiger partial charge on any atom is -0.324 e. The van der Waals surface area contributed by atoms with Gasteiger partial charge in [-0.1, -0.05) is 0 Å². The Labute approximate surface area is 65.4 Å². The van der Waals surface area contributed by atoms with Crippen LogP contribution >= 0.6 is 0 Å². The molecule has 1 rings (SSSR count). The number of terminal acetylenes is 1. The van der Waals surface area contributed by atoms with Crippen molar-refractivity contribution in [2.75, 3.05) is 0 Å². The maximum atomic E-state index is 5.31. The summed E-state index contributed by atoms with van der Waals surface area (Å²) < 4.78 is 1.70. The highest BCUT2D eigenvalue weighted by molar-refractivity contribution is 4.84. The fraction of sp³-hybridized carbons (Fsp3) is 0.429. The van der Waals surface area contributed by atoms with Gasteiger partial charge in [0.2, 0.25) is 0 Å². The first-order valence-corrected chi connectivity index (χ1v) is 3.38. The summed E-state index contributed by atoms with van der Waals surface area (Å²) in [6.45, 7) is 1.09. The maximum absolute atomic E-state index is 5.31. The van der Waals surface area contributed by atoms with Crippen molar-refractivity contribution in [3.63, 3.8) is 0 Å². The molecule has 2 N–H and O–H groups in total. The van der Waals surface area contributed by atoms with Crippen molar-refractivity contribution < 1.29 is 0 Å². The number of aromatic nitrogens is 3. The summed E-state index contributed by atoms with van der Waals surface area (Å²) in [5.41, 5.74) is 5.31. The van der Waals surface area contributed by atoms with E-state index < -0.39 is 0 Å². The molecule has 0 fully saturated rings. The average Bonchev–Trinajstić information content (AvgIpc) is 2.48. The third-order valence-electron chi connectivity index (χ3n) is 1.25. The standard InChI is InChI=1S/C7H10N4/c1-2-3-4-11-6-9-7(5-8)10-11/h1,6H,3-5,8H2. The predicted octanol–water partition coefficient (Wildman–Crippen LogP) is -0.240. The van der Waals surface area contributed by atoms with Crippen molar-refractivity contribution in [3.05, 3.63) is 12.2 Å². The van der Waals surface area contributed by atoms with Crippen molar-refractivity contribution in [2.24, 2.45) is 5.73 Å². The lowest BCUT2D eigenvalue weighted by Gasteiger charge is -1.92. The molecule has 0 bridgehead atoms. The molecule has 0 radical (unpaired) electrons. The van der Waals surface area contributed by atoms with Gasteiger partial charge in [-0.15, -0.1) is 12.3 Å². The molecule has 1 heterocycles. The number of hydrogen-bond donors (Lipinski definition) is 1. The zero-order chi connectivity index (χ0) is 8.10. The molecule has 0 unspecified atom stereocenters. The monoisotopic (exact) mass is 150 g/mol. The van der Waals surface area contributed by atoms with E-state index in [-0.39, 0.29) is 0 Å². The van der Waals surface area contributed by atoms with Gasteiger partial charge in [0.1, 0.15) is 6.33 Å². The summed E-state index contributed by atoms with van der Waals surface area (Å²) in [5.74, 6) is 3.18. The van der Waals surface area contributed by atoms with Gasteiger partial charge in [0.05, 0.1) is 13.1 Å². The van der Waals surface area contributed by atoms with Gasteiger partial charge in [-0.3, -0.25) is 4.68 Å². The second-order valence-corrected chi connectivity index (χ2v) is 2.08. The largest absolute Gasteiger partial charge is 0.324 e. The maximum Gasteiger partial charge on any atom is 0.164 e. The van der Waals surface area contributed by atoms with Crippen LogP contribution in [-0.4, -0.2) is 14.8 Å². The SMILES string of the molecule is C#CCCn1cnc(CN)n1. The lowest BCUT2D eigenvalue weighted by atomic mass is 10.4. The summed E-state index contributed by atoms with van der Waals surface area (Å²) >= 11 is 0. The Hall–Kier alpha value is -1.34. The number of nitrogens with two attached hydrogens (primary N) is 1. The highest BCUT2D eigenvalue weighted by atomic mass is 15.3. The molecular weight excluding hydrogens is 140 g/mol. The summed E-state index contributed by atoms with van der Waals surface area (Å²) in [5, 5.41) is 4.05. The van der Waals surface area contributed by atoms with Crippen molar-refractivity contribution in [1.82, 2.24) is 14.8 Å². The highest BCUT2D eigenvalue weighted by Gasteiger charge is 1.95. The zero-order valence-corrected chi connectivity index (χ0v) is 6.20. The Bertz CT molecular complexity index is 258. The van der Waals surface area contributed by atoms with Crippen LogP contribution < -0.4 is 5.73 Å². The number of rotatable bonds is 3. The van der Waals surface area contributed by atoms with Crippen molar-refractivity contribution in [1.29, 1.82) is 0 Å². The van der Waals surface area contributed by atoms with Crippen molar-refractivity contribution in [2.45, 2.75) is 19.5 Å². The molecular formula is C7H10N4. The van der Waals surface area contributed by atoms with Gasteiger partial charge in [0.15, 0.2) is 5.82 Å². The van der Waals surface area contributed by atoms with Gasteiger partial charge < -0.3 is 5.73 Å². The van der Waals surface area contributed by atoms with Crippen molar-refractivity contribution in [3.8, 4) is 12.3 Å². The third kappa shape index (κ3) is 2.06. The lowest BCUT2D eigenvalue weighted by Crippen LogP contribution is -2.02. The van der Waals surface area contributed by atoms with Crippen LogP contribution in [0.3, 0.4) is 0 Å². The summed E-state index contributed by atoms with van der Waals surface area (Å²) in [6, 6.07) is 0. The third-order valence-corrected chi connectivity index (χ3v) is 1.25. The van der Waals surface area contributed by atoms with Gasteiger partial charge in [-0.2, -0.15) is 5.10 Å². The predicted molar refractivity (Wildman–Crippen MR) is 41.4 cm³/mol. The van der Waals surface area contributed by atoms with E-state index in [0.717, 1.165) is 0 Å². The van der Waals surface area contributed by atoms with E-state index in [4.69, 9.17) is 12.2 Å². The fourth-order valence-electron chi connectivity index (χ4n) is 0.714. The molecule has 0 aliphatic heterocycles. The quantitative estimate of drug-likeness (QED) is 0.605. The van der Waals surface area contributed by atoms with E-state index in [1.54, 1.807) is 11.0 Å². The van der Waals surface area contributed by atoms with Gasteiger partial charge in [-0.05, 0) is 0 Å². The van der Waals surface area contributed by atoms with E-state index in [2.05, 4.69) is 16.0 Å². The molecule has 0 spiro atoms. The Balaban J connectivity index is 2.53. The van der Waals surface area contributed by atoms with Gasteiger partial charge in [-0.25, -0.2) is 4.98 Å². The molecule has 0 saturated carbocycles. The van der Waals surface area contributed by atoms with Crippen LogP contribution in [-0.2, 0) is 13.1 Å². The first kappa shape index (κ1) is 7.76. The molecule has 1 aromatic rings. The molecule has 0 aliphatic rings. The van der Waals surface area contributed by atoms with Crippen LogP contribution in [0.25, 0.3) is 0 Å². The van der Waals surface area contributed by atoms with Gasteiger partial charge >= 0.3 is 0 Å². The first-order chi connectivity index (χ1) is 5.36. The fourth-order valence-corrected chi connectivity index (χ4v) is 0.714. The second-order valence-electron chi connectivity index (χ2n) is 2.08. The average molecular weight is 150 g/mol. The van der Waals surface area contributed by atoms with Crippen molar-refractivity contribution >= 4 is 0 Å². The smallest absolute Gasteiger partial charge is 0.164 e. The molecule has 58 valence electrons. The zero-order valence-electron chi connectivity index (χ0n) is 6.20. The normalized spacial score (nSPS) is 9.45.